The van der Waals surface area contributed by atoms with Crippen LogP contribution in [0.1, 0.15) is 74.4 Å². The van der Waals surface area contributed by atoms with Crippen molar-refractivity contribution in [2.24, 2.45) is 11.8 Å². The van der Waals surface area contributed by atoms with E-state index in [1.54, 1.807) is 41.3 Å². The zero-order valence-corrected chi connectivity index (χ0v) is 23.5. The molecular weight excluding hydrogens is 526 g/mol. The summed E-state index contributed by atoms with van der Waals surface area (Å²) in [6.07, 6.45) is 5.02. The van der Waals surface area contributed by atoms with Crippen LogP contribution in [0.25, 0.3) is 4.85 Å². The van der Waals surface area contributed by atoms with Crippen LogP contribution in [-0.4, -0.2) is 58.4 Å². The number of likely N-dealkylation sites (tertiary alicyclic amines) is 2. The number of nitrogens with zero attached hydrogens (tertiary/aromatic N) is 5. The molecule has 8 heteroatoms. The first-order valence-electron chi connectivity index (χ1n) is 14.4. The van der Waals surface area contributed by atoms with E-state index in [4.69, 9.17) is 11.8 Å². The molecule has 0 bridgehead atoms. The highest BCUT2D eigenvalue weighted by atomic mass is 16.2. The fraction of sp³-hybridized carbons (Fsp3) is 0.353. The van der Waals surface area contributed by atoms with Crippen molar-refractivity contribution in [2.45, 2.75) is 38.6 Å². The number of hydrogen-bond donors (Lipinski definition) is 0. The maximum absolute atomic E-state index is 13.1. The molecule has 0 saturated carbocycles. The minimum atomic E-state index is -0.145. The van der Waals surface area contributed by atoms with Gasteiger partial charge in [-0.05, 0) is 74.5 Å². The van der Waals surface area contributed by atoms with E-state index in [0.717, 1.165) is 32.5 Å². The Labute approximate surface area is 246 Å². The number of benzene rings is 2. The smallest absolute Gasteiger partial charge is 0.255 e. The van der Waals surface area contributed by atoms with Gasteiger partial charge < -0.3 is 4.90 Å². The van der Waals surface area contributed by atoms with Gasteiger partial charge in [0.25, 0.3) is 5.91 Å². The van der Waals surface area contributed by atoms with E-state index >= 15 is 0 Å². The number of amides is 1. The standard InChI is InChI=1S/C34H33N5O3/c1-36-30-9-6-27(7-10-30)33(41)28-14-18-39(19-15-28)34(42)29-8-11-31(37-22-29)32(40)20-24-12-16-38(17-13-24)23-26-4-2-25(21-35)3-5-26/h2-11,22,24,28H,12-20,23H2. The molecule has 0 aliphatic carbocycles. The highest BCUT2D eigenvalue weighted by Crippen LogP contribution is 2.26. The molecule has 0 spiro atoms. The van der Waals surface area contributed by atoms with E-state index in [0.29, 0.717) is 66.3 Å². The highest BCUT2D eigenvalue weighted by molar-refractivity contribution is 5.99. The molecule has 0 unspecified atom stereocenters. The molecule has 8 nitrogen and oxygen atoms in total. The summed E-state index contributed by atoms with van der Waals surface area (Å²) in [6.45, 7) is 10.7. The molecule has 1 aromatic heterocycles. The molecule has 2 aliphatic heterocycles. The molecule has 0 N–H and O–H groups in total. The molecular formula is C34H33N5O3. The number of piperidine rings is 2. The van der Waals surface area contributed by atoms with Gasteiger partial charge in [-0.2, -0.15) is 5.26 Å². The van der Waals surface area contributed by atoms with Gasteiger partial charge in [-0.15, -0.1) is 0 Å². The largest absolute Gasteiger partial charge is 0.339 e. The Morgan fingerprint density at radius 2 is 1.55 bits per heavy atom. The van der Waals surface area contributed by atoms with Crippen LogP contribution in [0.4, 0.5) is 5.69 Å². The lowest BCUT2D eigenvalue weighted by atomic mass is 9.88. The average Bonchev–Trinajstić information content (AvgIpc) is 3.05. The number of pyridine rings is 1. The number of carbonyl (C=O) groups is 3. The number of nitriles is 1. The lowest BCUT2D eigenvalue weighted by Gasteiger charge is -2.31. The maximum atomic E-state index is 13.1. The molecule has 2 aromatic carbocycles. The summed E-state index contributed by atoms with van der Waals surface area (Å²) in [4.78, 5) is 50.7. The van der Waals surface area contributed by atoms with Crippen molar-refractivity contribution in [1.82, 2.24) is 14.8 Å². The second-order valence-corrected chi connectivity index (χ2v) is 11.2. The highest BCUT2D eigenvalue weighted by Gasteiger charge is 2.29. The predicted octanol–water partition coefficient (Wildman–Crippen LogP) is 5.72. The van der Waals surface area contributed by atoms with Crippen molar-refractivity contribution in [3.8, 4) is 6.07 Å². The van der Waals surface area contributed by atoms with Crippen LogP contribution in [0.5, 0.6) is 0 Å². The molecule has 0 radical (unpaired) electrons. The molecule has 2 aliphatic rings. The van der Waals surface area contributed by atoms with E-state index < -0.39 is 0 Å². The number of carbonyl (C=O) groups excluding carboxylic acids is 3. The molecule has 42 heavy (non-hydrogen) atoms. The first kappa shape index (κ1) is 28.9. The van der Waals surface area contributed by atoms with Crippen molar-refractivity contribution in [3.05, 3.63) is 106 Å². The number of hydrogen-bond acceptors (Lipinski definition) is 6. The molecule has 2 fully saturated rings. The average molecular weight is 560 g/mol. The van der Waals surface area contributed by atoms with E-state index in [-0.39, 0.29) is 23.4 Å². The summed E-state index contributed by atoms with van der Waals surface area (Å²) in [7, 11) is 0. The molecule has 5 rings (SSSR count). The summed E-state index contributed by atoms with van der Waals surface area (Å²) < 4.78 is 0. The van der Waals surface area contributed by atoms with Crippen LogP contribution in [-0.2, 0) is 6.54 Å². The van der Waals surface area contributed by atoms with Crippen LogP contribution in [0.2, 0.25) is 0 Å². The third kappa shape index (κ3) is 6.97. The Bertz CT molecular complexity index is 1500. The minimum Gasteiger partial charge on any atom is -0.339 e. The van der Waals surface area contributed by atoms with Crippen molar-refractivity contribution in [3.63, 3.8) is 0 Å². The summed E-state index contributed by atoms with van der Waals surface area (Å²) in [5.74, 6) is 0.0908. The third-order valence-corrected chi connectivity index (χ3v) is 8.40. The van der Waals surface area contributed by atoms with Crippen LogP contribution >= 0.6 is 0 Å². The number of aromatic nitrogens is 1. The quantitative estimate of drug-likeness (QED) is 0.258. The number of rotatable bonds is 8. The van der Waals surface area contributed by atoms with Gasteiger partial charge in [0, 0.05) is 43.7 Å². The van der Waals surface area contributed by atoms with Crippen molar-refractivity contribution < 1.29 is 14.4 Å². The lowest BCUT2D eigenvalue weighted by Crippen LogP contribution is -2.40. The predicted molar refractivity (Wildman–Crippen MR) is 158 cm³/mol. The molecule has 3 aromatic rings. The van der Waals surface area contributed by atoms with Crippen LogP contribution in [0.15, 0.2) is 66.9 Å². The Morgan fingerprint density at radius 1 is 0.881 bits per heavy atom. The summed E-state index contributed by atoms with van der Waals surface area (Å²) in [5.41, 5.74) is 3.79. The Kier molecular flexibility index (Phi) is 9.16. The van der Waals surface area contributed by atoms with Gasteiger partial charge in [0.05, 0.1) is 23.8 Å². The second-order valence-electron chi connectivity index (χ2n) is 11.2. The van der Waals surface area contributed by atoms with E-state index in [1.807, 2.05) is 24.3 Å². The first-order valence-corrected chi connectivity index (χ1v) is 14.4. The molecule has 3 heterocycles. The molecule has 0 atom stereocenters. The second kappa shape index (κ2) is 13.3. The Hall–Kier alpha value is -4.66. The minimum absolute atomic E-state index is 0.00305. The van der Waals surface area contributed by atoms with E-state index in [1.165, 1.54) is 11.8 Å². The number of ketones is 2. The first-order chi connectivity index (χ1) is 20.4. The van der Waals surface area contributed by atoms with Crippen LogP contribution in [0.3, 0.4) is 0 Å². The Balaban J connectivity index is 1.07. The van der Waals surface area contributed by atoms with Crippen molar-refractivity contribution in [1.29, 1.82) is 5.26 Å². The van der Waals surface area contributed by atoms with Crippen LogP contribution < -0.4 is 0 Å². The Morgan fingerprint density at radius 3 is 2.14 bits per heavy atom. The number of Topliss-reactive ketones (excluding diaryl/α,β-unsaturated/α-hetero) is 2. The SMILES string of the molecule is [C-]#[N+]c1ccc(C(=O)C2CCN(C(=O)c3ccc(C(=O)CC4CCN(Cc5ccc(C#N)cc5)CC4)nc3)CC2)cc1. The van der Waals surface area contributed by atoms with Crippen molar-refractivity contribution in [2.75, 3.05) is 26.2 Å². The normalized spacial score (nSPS) is 16.4. The van der Waals surface area contributed by atoms with E-state index in [9.17, 15) is 14.4 Å². The summed E-state index contributed by atoms with van der Waals surface area (Å²) in [5, 5.41) is 8.97. The van der Waals surface area contributed by atoms with Gasteiger partial charge in [0.2, 0.25) is 0 Å². The van der Waals surface area contributed by atoms with Crippen molar-refractivity contribution >= 4 is 23.2 Å². The monoisotopic (exact) mass is 559 g/mol. The zero-order chi connectivity index (χ0) is 29.5. The fourth-order valence-corrected chi connectivity index (χ4v) is 5.81. The lowest BCUT2D eigenvalue weighted by molar-refractivity contribution is 0.0649. The van der Waals surface area contributed by atoms with E-state index in [2.05, 4.69) is 20.8 Å². The van der Waals surface area contributed by atoms with Gasteiger partial charge in [-0.1, -0.05) is 36.4 Å². The molecule has 2 saturated heterocycles. The third-order valence-electron chi connectivity index (χ3n) is 8.40. The van der Waals surface area contributed by atoms with Gasteiger partial charge in [0.1, 0.15) is 5.69 Å². The fourth-order valence-electron chi connectivity index (χ4n) is 5.81. The van der Waals surface area contributed by atoms with Gasteiger partial charge in [0.15, 0.2) is 17.3 Å². The topological polar surface area (TPSA) is 98.7 Å². The molecule has 1 amide bonds. The summed E-state index contributed by atoms with van der Waals surface area (Å²) in [6, 6.07) is 19.9. The van der Waals surface area contributed by atoms with Gasteiger partial charge >= 0.3 is 0 Å². The maximum Gasteiger partial charge on any atom is 0.255 e. The summed E-state index contributed by atoms with van der Waals surface area (Å²) >= 11 is 0. The van der Waals surface area contributed by atoms with Gasteiger partial charge in [-0.25, -0.2) is 4.85 Å². The van der Waals surface area contributed by atoms with Crippen LogP contribution in [0, 0.1) is 29.7 Å². The zero-order valence-electron chi connectivity index (χ0n) is 23.5. The molecule has 212 valence electrons. The van der Waals surface area contributed by atoms with Gasteiger partial charge in [-0.3, -0.25) is 24.3 Å².